The molecule has 1 unspecified atom stereocenters. The van der Waals surface area contributed by atoms with Gasteiger partial charge in [-0.2, -0.15) is 0 Å². The van der Waals surface area contributed by atoms with Gasteiger partial charge in [-0.05, 0) is 56.8 Å². The standard InChI is InChI=1S/C18H29NO/c1-4-5-16-8-10-19(11-9-16)13-18(20)17-12-14(2)6-7-15(17)3/h6-7,12,16,18,20H,4-5,8-11,13H2,1-3H3. The number of likely N-dealkylation sites (tertiary alicyclic amines) is 1. The lowest BCUT2D eigenvalue weighted by molar-refractivity contribution is 0.0875. The molecule has 0 radical (unpaired) electrons. The molecule has 0 aromatic heterocycles. The van der Waals surface area contributed by atoms with Crippen molar-refractivity contribution < 1.29 is 5.11 Å². The fourth-order valence-corrected chi connectivity index (χ4v) is 3.33. The Morgan fingerprint density at radius 3 is 2.60 bits per heavy atom. The van der Waals surface area contributed by atoms with Crippen LogP contribution < -0.4 is 0 Å². The van der Waals surface area contributed by atoms with Gasteiger partial charge in [0.2, 0.25) is 0 Å². The van der Waals surface area contributed by atoms with Gasteiger partial charge in [-0.25, -0.2) is 0 Å². The van der Waals surface area contributed by atoms with Crippen LogP contribution >= 0.6 is 0 Å². The molecule has 1 aromatic carbocycles. The minimum absolute atomic E-state index is 0.349. The van der Waals surface area contributed by atoms with Gasteiger partial charge in [0.15, 0.2) is 0 Å². The maximum absolute atomic E-state index is 10.5. The van der Waals surface area contributed by atoms with E-state index in [-0.39, 0.29) is 6.10 Å². The Hall–Kier alpha value is -0.860. The summed E-state index contributed by atoms with van der Waals surface area (Å²) in [5, 5.41) is 10.5. The predicted octanol–water partition coefficient (Wildman–Crippen LogP) is 3.85. The van der Waals surface area contributed by atoms with Crippen molar-refractivity contribution in [3.8, 4) is 0 Å². The lowest BCUT2D eigenvalue weighted by Crippen LogP contribution is -2.36. The van der Waals surface area contributed by atoms with Crippen LogP contribution in [0, 0.1) is 19.8 Å². The molecule has 0 aliphatic carbocycles. The number of aliphatic hydroxyl groups excluding tert-OH is 1. The summed E-state index contributed by atoms with van der Waals surface area (Å²) in [6, 6.07) is 6.35. The minimum Gasteiger partial charge on any atom is -0.387 e. The van der Waals surface area contributed by atoms with Crippen LogP contribution in [-0.4, -0.2) is 29.6 Å². The molecule has 20 heavy (non-hydrogen) atoms. The molecule has 0 amide bonds. The van der Waals surface area contributed by atoms with Crippen LogP contribution in [0.15, 0.2) is 18.2 Å². The second-order valence-electron chi connectivity index (χ2n) is 6.41. The molecule has 2 rings (SSSR count). The maximum atomic E-state index is 10.5. The van der Waals surface area contributed by atoms with E-state index in [1.807, 2.05) is 0 Å². The lowest BCUT2D eigenvalue weighted by atomic mass is 9.92. The van der Waals surface area contributed by atoms with E-state index in [1.54, 1.807) is 0 Å². The molecule has 2 heteroatoms. The van der Waals surface area contributed by atoms with Gasteiger partial charge >= 0.3 is 0 Å². The largest absolute Gasteiger partial charge is 0.387 e. The molecular formula is C18H29NO. The van der Waals surface area contributed by atoms with Crippen LogP contribution in [0.2, 0.25) is 0 Å². The van der Waals surface area contributed by atoms with Crippen molar-refractivity contribution in [2.75, 3.05) is 19.6 Å². The Balaban J connectivity index is 1.89. The number of β-amino-alcohol motifs (C(OH)–C–C–N with tert-alkyl or cyclic N) is 1. The summed E-state index contributed by atoms with van der Waals surface area (Å²) in [5.74, 6) is 0.911. The van der Waals surface area contributed by atoms with Crippen LogP contribution in [0.5, 0.6) is 0 Å². The molecule has 0 spiro atoms. The topological polar surface area (TPSA) is 23.5 Å². The number of hydrogen-bond donors (Lipinski definition) is 1. The molecule has 0 saturated carbocycles. The normalized spacial score (nSPS) is 19.2. The van der Waals surface area contributed by atoms with Gasteiger partial charge in [0, 0.05) is 6.54 Å². The monoisotopic (exact) mass is 275 g/mol. The van der Waals surface area contributed by atoms with Crippen molar-refractivity contribution in [2.45, 2.75) is 52.6 Å². The molecular weight excluding hydrogens is 246 g/mol. The predicted molar refractivity (Wildman–Crippen MR) is 84.9 cm³/mol. The first-order valence-electron chi connectivity index (χ1n) is 8.07. The number of piperidine rings is 1. The number of nitrogens with zero attached hydrogens (tertiary/aromatic N) is 1. The molecule has 1 aliphatic heterocycles. The second kappa shape index (κ2) is 7.24. The molecule has 1 aliphatic rings. The molecule has 1 fully saturated rings. The molecule has 112 valence electrons. The second-order valence-corrected chi connectivity index (χ2v) is 6.41. The molecule has 2 nitrogen and oxygen atoms in total. The highest BCUT2D eigenvalue weighted by molar-refractivity contribution is 5.32. The first-order valence-corrected chi connectivity index (χ1v) is 8.07. The van der Waals surface area contributed by atoms with E-state index in [9.17, 15) is 5.11 Å². The summed E-state index contributed by atoms with van der Waals surface area (Å²) in [6.45, 7) is 9.52. The van der Waals surface area contributed by atoms with Crippen molar-refractivity contribution in [3.63, 3.8) is 0 Å². The molecule has 1 aromatic rings. The van der Waals surface area contributed by atoms with Gasteiger partial charge in [0.25, 0.3) is 0 Å². The summed E-state index contributed by atoms with van der Waals surface area (Å²) in [5.41, 5.74) is 3.52. The van der Waals surface area contributed by atoms with Crippen molar-refractivity contribution >= 4 is 0 Å². The molecule has 1 saturated heterocycles. The fraction of sp³-hybridized carbons (Fsp3) is 0.667. The van der Waals surface area contributed by atoms with Gasteiger partial charge in [-0.1, -0.05) is 43.5 Å². The highest BCUT2D eigenvalue weighted by Crippen LogP contribution is 2.25. The van der Waals surface area contributed by atoms with E-state index in [0.29, 0.717) is 0 Å². The highest BCUT2D eigenvalue weighted by atomic mass is 16.3. The van der Waals surface area contributed by atoms with Crippen LogP contribution in [0.3, 0.4) is 0 Å². The summed E-state index contributed by atoms with van der Waals surface area (Å²) in [6.07, 6.45) is 4.92. The van der Waals surface area contributed by atoms with Crippen LogP contribution in [-0.2, 0) is 0 Å². The first kappa shape index (κ1) is 15.5. The van der Waals surface area contributed by atoms with Crippen molar-refractivity contribution in [1.82, 2.24) is 4.90 Å². The van der Waals surface area contributed by atoms with E-state index < -0.39 is 0 Å². The minimum atomic E-state index is -0.349. The summed E-state index contributed by atoms with van der Waals surface area (Å²) in [7, 11) is 0. The summed E-state index contributed by atoms with van der Waals surface area (Å²) in [4.78, 5) is 2.43. The molecule has 0 bridgehead atoms. The van der Waals surface area contributed by atoms with Crippen LogP contribution in [0.1, 0.15) is 55.4 Å². The van der Waals surface area contributed by atoms with Gasteiger partial charge in [-0.3, -0.25) is 0 Å². The summed E-state index contributed by atoms with van der Waals surface area (Å²) < 4.78 is 0. The molecule has 1 heterocycles. The average molecular weight is 275 g/mol. The quantitative estimate of drug-likeness (QED) is 0.882. The van der Waals surface area contributed by atoms with E-state index in [2.05, 4.69) is 43.9 Å². The zero-order valence-corrected chi connectivity index (χ0v) is 13.2. The number of aryl methyl sites for hydroxylation is 2. The average Bonchev–Trinajstić information content (AvgIpc) is 2.44. The third kappa shape index (κ3) is 4.07. The Morgan fingerprint density at radius 2 is 1.95 bits per heavy atom. The van der Waals surface area contributed by atoms with Crippen molar-refractivity contribution in [1.29, 1.82) is 0 Å². The zero-order chi connectivity index (χ0) is 14.5. The smallest absolute Gasteiger partial charge is 0.0919 e. The van der Waals surface area contributed by atoms with Crippen molar-refractivity contribution in [2.24, 2.45) is 5.92 Å². The van der Waals surface area contributed by atoms with Gasteiger partial charge in [0.05, 0.1) is 6.10 Å². The number of benzene rings is 1. The fourth-order valence-electron chi connectivity index (χ4n) is 3.33. The number of aliphatic hydroxyl groups is 1. The van der Waals surface area contributed by atoms with E-state index in [4.69, 9.17) is 0 Å². The lowest BCUT2D eigenvalue weighted by Gasteiger charge is -2.33. The molecule has 1 atom stereocenters. The third-order valence-electron chi connectivity index (χ3n) is 4.63. The van der Waals surface area contributed by atoms with Crippen LogP contribution in [0.25, 0.3) is 0 Å². The van der Waals surface area contributed by atoms with E-state index in [1.165, 1.54) is 36.8 Å². The maximum Gasteiger partial charge on any atom is 0.0919 e. The Labute approximate surface area is 123 Å². The van der Waals surface area contributed by atoms with Gasteiger partial charge in [-0.15, -0.1) is 0 Å². The van der Waals surface area contributed by atoms with E-state index in [0.717, 1.165) is 31.1 Å². The Kier molecular flexibility index (Phi) is 5.62. The first-order chi connectivity index (χ1) is 9.60. The Bertz CT molecular complexity index is 421. The van der Waals surface area contributed by atoms with Crippen LogP contribution in [0.4, 0.5) is 0 Å². The summed E-state index contributed by atoms with van der Waals surface area (Å²) >= 11 is 0. The van der Waals surface area contributed by atoms with Gasteiger partial charge < -0.3 is 10.0 Å². The Morgan fingerprint density at radius 1 is 1.25 bits per heavy atom. The van der Waals surface area contributed by atoms with Gasteiger partial charge in [0.1, 0.15) is 0 Å². The number of rotatable bonds is 5. The number of hydrogen-bond acceptors (Lipinski definition) is 2. The molecule has 1 N–H and O–H groups in total. The zero-order valence-electron chi connectivity index (χ0n) is 13.2. The van der Waals surface area contributed by atoms with E-state index >= 15 is 0 Å². The SMILES string of the molecule is CCCC1CCN(CC(O)c2cc(C)ccc2C)CC1. The highest BCUT2D eigenvalue weighted by Gasteiger charge is 2.21. The third-order valence-corrected chi connectivity index (χ3v) is 4.63. The van der Waals surface area contributed by atoms with Crippen molar-refractivity contribution in [3.05, 3.63) is 34.9 Å².